The van der Waals surface area contributed by atoms with Crippen LogP contribution in [0.25, 0.3) is 0 Å². The minimum absolute atomic E-state index is 0.0193. The Morgan fingerprint density at radius 3 is 2.04 bits per heavy atom. The minimum Gasteiger partial charge on any atom is -0.346 e. The lowest BCUT2D eigenvalue weighted by Gasteiger charge is -2.50. The number of urea groups is 1. The Morgan fingerprint density at radius 1 is 0.906 bits per heavy atom. The lowest BCUT2D eigenvalue weighted by atomic mass is 9.68. The molecule has 1 unspecified atom stereocenters. The van der Waals surface area contributed by atoms with Crippen molar-refractivity contribution in [1.82, 2.24) is 26.2 Å². The van der Waals surface area contributed by atoms with Crippen molar-refractivity contribution in [3.8, 4) is 0 Å². The fraction of sp³-hybridized carbons (Fsp3) is 0.825. The molecule has 12 nitrogen and oxygen atoms in total. The van der Waals surface area contributed by atoms with Crippen molar-refractivity contribution in [3.05, 3.63) is 12.7 Å². The SMILES string of the molecule is C=CCNC(=O)C(=O)[C@H](CC1CC1)NC(=O)[C@@H]1CC(C)(C)C(C)CN1C(=O)[C@@H](NC(=O)NC1(CS(=O)(=O)C(C)(C)C)CCCCC1)C1(C)CCCCC1. The maximum absolute atomic E-state index is 15.0. The molecule has 1 aliphatic heterocycles. The monoisotopic (exact) mass is 761 g/mol. The van der Waals surface area contributed by atoms with E-state index in [0.29, 0.717) is 38.5 Å². The first-order chi connectivity index (χ1) is 24.6. The number of carbonyl (C=O) groups excluding carboxylic acids is 5. The summed E-state index contributed by atoms with van der Waals surface area (Å²) in [5.74, 6) is -2.27. The highest BCUT2D eigenvalue weighted by Gasteiger charge is 2.51. The number of sulfone groups is 1. The van der Waals surface area contributed by atoms with Crippen LogP contribution in [0.5, 0.6) is 0 Å². The minimum atomic E-state index is -3.58. The third-order valence-electron chi connectivity index (χ3n) is 12.8. The fourth-order valence-electron chi connectivity index (χ4n) is 8.42. The van der Waals surface area contributed by atoms with Gasteiger partial charge in [0.1, 0.15) is 12.1 Å². The smallest absolute Gasteiger partial charge is 0.315 e. The molecule has 0 radical (unpaired) electrons. The molecular formula is C40H67N5O7S. The summed E-state index contributed by atoms with van der Waals surface area (Å²) in [6, 6.07) is -3.50. The highest BCUT2D eigenvalue weighted by atomic mass is 32.2. The van der Waals surface area contributed by atoms with Crippen LogP contribution in [0.1, 0.15) is 138 Å². The lowest BCUT2D eigenvalue weighted by Crippen LogP contribution is -2.67. The largest absolute Gasteiger partial charge is 0.346 e. The molecule has 4 aliphatic rings. The number of piperidine rings is 1. The molecule has 3 aliphatic carbocycles. The van der Waals surface area contributed by atoms with E-state index in [9.17, 15) is 27.6 Å². The van der Waals surface area contributed by atoms with Gasteiger partial charge in [0.25, 0.3) is 5.91 Å². The van der Waals surface area contributed by atoms with Crippen LogP contribution in [0, 0.1) is 22.7 Å². The van der Waals surface area contributed by atoms with Crippen molar-refractivity contribution >= 4 is 39.4 Å². The molecule has 5 amide bonds. The van der Waals surface area contributed by atoms with Gasteiger partial charge in [-0.05, 0) is 82.0 Å². The predicted octanol–water partition coefficient (Wildman–Crippen LogP) is 4.96. The zero-order valence-corrected chi connectivity index (χ0v) is 34.2. The molecule has 13 heteroatoms. The molecule has 1 heterocycles. The van der Waals surface area contributed by atoms with Crippen molar-refractivity contribution in [3.63, 3.8) is 0 Å². The van der Waals surface area contributed by atoms with Crippen molar-refractivity contribution < 1.29 is 32.4 Å². The molecular weight excluding hydrogens is 695 g/mol. The van der Waals surface area contributed by atoms with Crippen LogP contribution in [-0.4, -0.2) is 90.1 Å². The molecule has 0 bridgehead atoms. The van der Waals surface area contributed by atoms with Gasteiger partial charge in [-0.2, -0.15) is 0 Å². The van der Waals surface area contributed by atoms with Crippen LogP contribution in [0.2, 0.25) is 0 Å². The molecule has 4 N–H and O–H groups in total. The van der Waals surface area contributed by atoms with Gasteiger partial charge in [-0.3, -0.25) is 19.2 Å². The number of ketones is 1. The number of amides is 5. The maximum Gasteiger partial charge on any atom is 0.315 e. The lowest BCUT2D eigenvalue weighted by molar-refractivity contribution is -0.152. The van der Waals surface area contributed by atoms with Crippen molar-refractivity contribution in [2.45, 2.75) is 167 Å². The molecule has 4 atom stereocenters. The molecule has 1 saturated heterocycles. The number of likely N-dealkylation sites (tertiary alicyclic amines) is 1. The summed E-state index contributed by atoms with van der Waals surface area (Å²) >= 11 is 0. The third-order valence-corrected chi connectivity index (χ3v) is 15.6. The Hall–Kier alpha value is -2.96. The normalized spacial score (nSPS) is 25.2. The van der Waals surface area contributed by atoms with E-state index < -0.39 is 67.3 Å². The van der Waals surface area contributed by atoms with E-state index in [0.717, 1.165) is 51.4 Å². The number of Topliss-reactive ketones (excluding diaryl/α,β-unsaturated/α-hetero) is 1. The van der Waals surface area contributed by atoms with E-state index >= 15 is 4.79 Å². The van der Waals surface area contributed by atoms with Crippen LogP contribution >= 0.6 is 0 Å². The summed E-state index contributed by atoms with van der Waals surface area (Å²) in [5.41, 5.74) is -1.88. The Bertz CT molecular complexity index is 1490. The second-order valence-corrected chi connectivity index (χ2v) is 21.4. The van der Waals surface area contributed by atoms with Gasteiger partial charge in [-0.25, -0.2) is 13.2 Å². The first-order valence-corrected chi connectivity index (χ1v) is 21.6. The van der Waals surface area contributed by atoms with E-state index in [-0.39, 0.29) is 42.0 Å². The van der Waals surface area contributed by atoms with Crippen LogP contribution in [0.4, 0.5) is 4.79 Å². The van der Waals surface area contributed by atoms with Crippen LogP contribution in [0.15, 0.2) is 12.7 Å². The summed E-state index contributed by atoms with van der Waals surface area (Å²) in [7, 11) is -3.58. The van der Waals surface area contributed by atoms with E-state index in [1.807, 2.05) is 6.92 Å². The third kappa shape index (κ3) is 10.6. The van der Waals surface area contributed by atoms with Gasteiger partial charge < -0.3 is 26.2 Å². The molecule has 4 fully saturated rings. The molecule has 300 valence electrons. The highest BCUT2D eigenvalue weighted by Crippen LogP contribution is 2.43. The topological polar surface area (TPSA) is 171 Å². The van der Waals surface area contributed by atoms with Crippen LogP contribution < -0.4 is 21.3 Å². The number of rotatable bonds is 14. The summed E-state index contributed by atoms with van der Waals surface area (Å²) in [6.45, 7) is 17.2. The van der Waals surface area contributed by atoms with Crippen molar-refractivity contribution in [2.24, 2.45) is 22.7 Å². The Labute approximate surface area is 318 Å². The molecule has 4 rings (SSSR count). The second-order valence-electron chi connectivity index (χ2n) is 18.7. The maximum atomic E-state index is 15.0. The van der Waals surface area contributed by atoms with E-state index in [2.05, 4.69) is 48.6 Å². The first-order valence-electron chi connectivity index (χ1n) is 20.0. The zero-order chi connectivity index (χ0) is 39.4. The Morgan fingerprint density at radius 2 is 1.49 bits per heavy atom. The molecule has 0 aromatic carbocycles. The van der Waals surface area contributed by atoms with Gasteiger partial charge in [0.15, 0.2) is 9.84 Å². The number of nitrogens with one attached hydrogen (secondary N) is 4. The van der Waals surface area contributed by atoms with Gasteiger partial charge in [-0.1, -0.05) is 85.1 Å². The number of hydrogen-bond donors (Lipinski definition) is 4. The fourth-order valence-corrected chi connectivity index (χ4v) is 9.95. The van der Waals surface area contributed by atoms with E-state index in [1.54, 1.807) is 25.7 Å². The average Bonchev–Trinajstić information content (AvgIpc) is 3.90. The second kappa shape index (κ2) is 16.8. The molecule has 0 aromatic heterocycles. The van der Waals surface area contributed by atoms with Crippen molar-refractivity contribution in [1.29, 1.82) is 0 Å². The standard InChI is InChI=1S/C40H67N5O7S/c1-9-22-41-34(48)31(46)29(23-28-16-17-28)42-33(47)30-24-38(6,7)27(2)25-45(30)35(49)32(39(8)18-12-10-13-19-39)43-36(50)44-40(20-14-11-15-21-40)26-53(51,52)37(3,4)5/h9,27-30,32H,1,10-26H2,2-8H3,(H,41,48)(H,42,47)(H2,43,44,50)/t27?,29-,30-,32+/m0/s1. The number of carbonyl (C=O) groups is 5. The van der Waals surface area contributed by atoms with Crippen LogP contribution in [-0.2, 0) is 29.0 Å². The van der Waals surface area contributed by atoms with Crippen molar-refractivity contribution in [2.75, 3.05) is 18.8 Å². The molecule has 53 heavy (non-hydrogen) atoms. The summed E-state index contributed by atoms with van der Waals surface area (Å²) in [4.78, 5) is 71.1. The van der Waals surface area contributed by atoms with Gasteiger partial charge in [0.2, 0.25) is 17.6 Å². The molecule has 3 saturated carbocycles. The quantitative estimate of drug-likeness (QED) is 0.143. The number of hydrogen-bond acceptors (Lipinski definition) is 7. The van der Waals surface area contributed by atoms with Gasteiger partial charge >= 0.3 is 6.03 Å². The molecule has 0 spiro atoms. The van der Waals surface area contributed by atoms with E-state index in [1.165, 1.54) is 6.08 Å². The summed E-state index contributed by atoms with van der Waals surface area (Å²) < 4.78 is 26.0. The summed E-state index contributed by atoms with van der Waals surface area (Å²) in [5, 5.41) is 11.6. The Kier molecular flexibility index (Phi) is 13.6. The average molecular weight is 762 g/mol. The van der Waals surface area contributed by atoms with Gasteiger partial charge in [0.05, 0.1) is 22.1 Å². The van der Waals surface area contributed by atoms with Gasteiger partial charge in [0, 0.05) is 13.1 Å². The van der Waals surface area contributed by atoms with Gasteiger partial charge in [-0.15, -0.1) is 6.58 Å². The first kappa shape index (κ1) is 42.8. The number of nitrogens with zero attached hydrogens (tertiary/aromatic N) is 1. The zero-order valence-electron chi connectivity index (χ0n) is 33.4. The summed E-state index contributed by atoms with van der Waals surface area (Å²) in [6.07, 6.45) is 11.8. The molecule has 0 aromatic rings. The highest BCUT2D eigenvalue weighted by molar-refractivity contribution is 7.92. The van der Waals surface area contributed by atoms with E-state index in [4.69, 9.17) is 0 Å². The predicted molar refractivity (Wildman–Crippen MR) is 207 cm³/mol. The van der Waals surface area contributed by atoms with Crippen LogP contribution in [0.3, 0.4) is 0 Å². The Balaban J connectivity index is 1.64.